The lowest BCUT2D eigenvalue weighted by Crippen LogP contribution is -2.55. The zero-order valence-electron chi connectivity index (χ0n) is 12.0. The van der Waals surface area contributed by atoms with E-state index in [1.54, 1.807) is 6.20 Å². The second-order valence-electron chi connectivity index (χ2n) is 5.60. The molecular formula is C16H21N3O2. The fourth-order valence-corrected chi connectivity index (χ4v) is 2.88. The Morgan fingerprint density at radius 1 is 1.33 bits per heavy atom. The molecular weight excluding hydrogens is 266 g/mol. The van der Waals surface area contributed by atoms with Crippen molar-refractivity contribution in [3.63, 3.8) is 0 Å². The molecule has 1 saturated heterocycles. The average molecular weight is 287 g/mol. The van der Waals surface area contributed by atoms with E-state index in [-0.39, 0.29) is 6.61 Å². The second-order valence-corrected chi connectivity index (χ2v) is 5.60. The minimum Gasteiger partial charge on any atom is -0.393 e. The number of imidazole rings is 1. The lowest BCUT2D eigenvalue weighted by Gasteiger charge is -2.41. The van der Waals surface area contributed by atoms with Gasteiger partial charge in [-0.2, -0.15) is 0 Å². The van der Waals surface area contributed by atoms with Gasteiger partial charge in [0.1, 0.15) is 11.4 Å². The van der Waals surface area contributed by atoms with Gasteiger partial charge in [-0.15, -0.1) is 0 Å². The molecule has 0 radical (unpaired) electrons. The van der Waals surface area contributed by atoms with E-state index in [9.17, 15) is 5.11 Å². The first-order chi connectivity index (χ1) is 10.3. The van der Waals surface area contributed by atoms with Crippen molar-refractivity contribution in [2.75, 3.05) is 26.3 Å². The molecule has 0 amide bonds. The molecule has 1 atom stereocenters. The number of aliphatic hydroxyl groups is 1. The van der Waals surface area contributed by atoms with Crippen molar-refractivity contribution < 1.29 is 9.84 Å². The van der Waals surface area contributed by atoms with Crippen molar-refractivity contribution in [3.05, 3.63) is 54.1 Å². The Hall–Kier alpha value is -1.69. The predicted octanol–water partition coefficient (Wildman–Crippen LogP) is 1.22. The number of H-pyrrole nitrogens is 1. The summed E-state index contributed by atoms with van der Waals surface area (Å²) in [7, 11) is 0. The number of aromatic amines is 1. The Bertz CT molecular complexity index is 544. The molecule has 2 heterocycles. The fraction of sp³-hybridized carbons (Fsp3) is 0.438. The molecule has 1 aliphatic rings. The van der Waals surface area contributed by atoms with Crippen molar-refractivity contribution in [1.29, 1.82) is 0 Å². The van der Waals surface area contributed by atoms with E-state index in [1.165, 1.54) is 5.56 Å². The third-order valence-corrected chi connectivity index (χ3v) is 3.91. The summed E-state index contributed by atoms with van der Waals surface area (Å²) < 4.78 is 5.95. The van der Waals surface area contributed by atoms with Gasteiger partial charge >= 0.3 is 0 Å². The first kappa shape index (κ1) is 14.3. The minimum absolute atomic E-state index is 0.0244. The van der Waals surface area contributed by atoms with Crippen molar-refractivity contribution in [1.82, 2.24) is 14.9 Å². The number of hydrogen-bond acceptors (Lipinski definition) is 4. The second kappa shape index (κ2) is 6.39. The molecule has 21 heavy (non-hydrogen) atoms. The minimum atomic E-state index is -0.522. The van der Waals surface area contributed by atoms with E-state index in [4.69, 9.17) is 4.74 Å². The zero-order valence-corrected chi connectivity index (χ0v) is 12.0. The summed E-state index contributed by atoms with van der Waals surface area (Å²) in [4.78, 5) is 9.67. The van der Waals surface area contributed by atoms with Gasteiger partial charge in [0, 0.05) is 31.9 Å². The summed E-state index contributed by atoms with van der Waals surface area (Å²) in [5.41, 5.74) is 0.665. The highest BCUT2D eigenvalue weighted by Crippen LogP contribution is 2.23. The molecule has 3 rings (SSSR count). The van der Waals surface area contributed by atoms with Gasteiger partial charge < -0.3 is 14.8 Å². The van der Waals surface area contributed by atoms with Gasteiger partial charge in [0.25, 0.3) is 0 Å². The molecule has 0 unspecified atom stereocenters. The average Bonchev–Trinajstić information content (AvgIpc) is 3.01. The van der Waals surface area contributed by atoms with Crippen LogP contribution in [0.3, 0.4) is 0 Å². The van der Waals surface area contributed by atoms with Crippen molar-refractivity contribution >= 4 is 0 Å². The largest absolute Gasteiger partial charge is 0.393 e. The van der Waals surface area contributed by atoms with Crippen molar-refractivity contribution in [2.45, 2.75) is 18.6 Å². The number of rotatable bonds is 5. The number of nitrogens with zero attached hydrogens (tertiary/aromatic N) is 2. The van der Waals surface area contributed by atoms with Crippen molar-refractivity contribution in [3.8, 4) is 0 Å². The van der Waals surface area contributed by atoms with Crippen LogP contribution in [-0.2, 0) is 17.7 Å². The maximum atomic E-state index is 9.87. The normalized spacial score (nSPS) is 23.3. The highest BCUT2D eigenvalue weighted by Gasteiger charge is 2.36. The quantitative estimate of drug-likeness (QED) is 0.868. The van der Waals surface area contributed by atoms with Crippen LogP contribution in [-0.4, -0.2) is 51.9 Å². The van der Waals surface area contributed by atoms with Crippen LogP contribution in [0.5, 0.6) is 0 Å². The summed E-state index contributed by atoms with van der Waals surface area (Å²) in [6.45, 7) is 2.98. The molecule has 0 aliphatic carbocycles. The molecule has 112 valence electrons. The highest BCUT2D eigenvalue weighted by molar-refractivity contribution is 5.18. The highest BCUT2D eigenvalue weighted by atomic mass is 16.5. The SMILES string of the molecule is OC[C@@]1(Cc2ccccc2)CN(Cc2ncc[nH]2)CCO1. The van der Waals surface area contributed by atoms with Crippen LogP contribution in [0, 0.1) is 0 Å². The van der Waals surface area contributed by atoms with Gasteiger partial charge in [0.05, 0.1) is 19.8 Å². The molecule has 1 aromatic heterocycles. The summed E-state index contributed by atoms with van der Waals surface area (Å²) in [6.07, 6.45) is 4.32. The molecule has 1 aliphatic heterocycles. The predicted molar refractivity (Wildman–Crippen MR) is 79.8 cm³/mol. The molecule has 5 nitrogen and oxygen atoms in total. The topological polar surface area (TPSA) is 61.4 Å². The third-order valence-electron chi connectivity index (χ3n) is 3.91. The van der Waals surface area contributed by atoms with Crippen LogP contribution in [0.1, 0.15) is 11.4 Å². The number of aromatic nitrogens is 2. The first-order valence-electron chi connectivity index (χ1n) is 7.29. The molecule has 5 heteroatoms. The first-order valence-corrected chi connectivity index (χ1v) is 7.29. The Morgan fingerprint density at radius 2 is 2.19 bits per heavy atom. The van der Waals surface area contributed by atoms with Gasteiger partial charge in [-0.05, 0) is 5.56 Å². The molecule has 1 aromatic carbocycles. The van der Waals surface area contributed by atoms with Crippen molar-refractivity contribution in [2.24, 2.45) is 0 Å². The zero-order chi connectivity index (χ0) is 14.5. The van der Waals surface area contributed by atoms with Crippen LogP contribution in [0.15, 0.2) is 42.7 Å². The number of aliphatic hydroxyl groups excluding tert-OH is 1. The summed E-state index contributed by atoms with van der Waals surface area (Å²) in [5, 5.41) is 9.87. The van der Waals surface area contributed by atoms with Crippen LogP contribution in [0.25, 0.3) is 0 Å². The Labute approximate surface area is 124 Å². The number of hydrogen-bond donors (Lipinski definition) is 2. The van der Waals surface area contributed by atoms with E-state index in [1.807, 2.05) is 24.4 Å². The fourth-order valence-electron chi connectivity index (χ4n) is 2.88. The Kier molecular flexibility index (Phi) is 4.34. The van der Waals surface area contributed by atoms with Crippen LogP contribution in [0.2, 0.25) is 0 Å². The van der Waals surface area contributed by atoms with Gasteiger partial charge in [-0.1, -0.05) is 30.3 Å². The molecule has 0 bridgehead atoms. The molecule has 2 aromatic rings. The maximum absolute atomic E-state index is 9.87. The van der Waals surface area contributed by atoms with Gasteiger partial charge in [0.15, 0.2) is 0 Å². The number of benzene rings is 1. The molecule has 0 saturated carbocycles. The van der Waals surface area contributed by atoms with Gasteiger partial charge in [0.2, 0.25) is 0 Å². The van der Waals surface area contributed by atoms with Gasteiger partial charge in [-0.3, -0.25) is 4.90 Å². The lowest BCUT2D eigenvalue weighted by molar-refractivity contribution is -0.134. The Balaban J connectivity index is 1.69. The number of nitrogens with one attached hydrogen (secondary N) is 1. The maximum Gasteiger partial charge on any atom is 0.120 e. The van der Waals surface area contributed by atoms with E-state index in [0.717, 1.165) is 25.3 Å². The molecule has 1 fully saturated rings. The Morgan fingerprint density at radius 3 is 2.90 bits per heavy atom. The van der Waals surface area contributed by atoms with Crippen LogP contribution >= 0.6 is 0 Å². The molecule has 2 N–H and O–H groups in total. The smallest absolute Gasteiger partial charge is 0.120 e. The third kappa shape index (κ3) is 3.50. The number of morpholine rings is 1. The molecule has 0 spiro atoms. The van der Waals surface area contributed by atoms with Crippen LogP contribution < -0.4 is 0 Å². The van der Waals surface area contributed by atoms with E-state index >= 15 is 0 Å². The standard InChI is InChI=1S/C16H21N3O2/c20-13-16(10-14-4-2-1-3-5-14)12-19(8-9-21-16)11-15-17-6-7-18-15/h1-7,20H,8-13H2,(H,17,18)/t16-/m1/s1. The number of ether oxygens (including phenoxy) is 1. The van der Waals surface area contributed by atoms with E-state index in [2.05, 4.69) is 27.0 Å². The summed E-state index contributed by atoms with van der Waals surface area (Å²) in [5.74, 6) is 0.948. The monoisotopic (exact) mass is 287 g/mol. The summed E-state index contributed by atoms with van der Waals surface area (Å²) in [6, 6.07) is 10.2. The van der Waals surface area contributed by atoms with E-state index in [0.29, 0.717) is 13.2 Å². The van der Waals surface area contributed by atoms with Gasteiger partial charge in [-0.25, -0.2) is 4.98 Å². The summed E-state index contributed by atoms with van der Waals surface area (Å²) >= 11 is 0. The van der Waals surface area contributed by atoms with E-state index < -0.39 is 5.60 Å². The van der Waals surface area contributed by atoms with Crippen LogP contribution in [0.4, 0.5) is 0 Å². The lowest BCUT2D eigenvalue weighted by atomic mass is 9.93.